The Hall–Kier alpha value is -0.120. The predicted octanol–water partition coefficient (Wildman–Crippen LogP) is 3.81. The molecule has 1 atom stereocenters. The van der Waals surface area contributed by atoms with Crippen molar-refractivity contribution in [3.8, 4) is 0 Å². The first-order chi connectivity index (χ1) is 6.68. The molecule has 0 bridgehead atoms. The lowest BCUT2D eigenvalue weighted by atomic mass is 10.0. The van der Waals surface area contributed by atoms with Crippen molar-refractivity contribution in [2.24, 2.45) is 11.7 Å². The van der Waals surface area contributed by atoms with Gasteiger partial charge >= 0.3 is 0 Å². The Kier molecular flexibility index (Phi) is 4.56. The van der Waals surface area contributed by atoms with E-state index in [4.69, 9.17) is 5.73 Å². The van der Waals surface area contributed by atoms with E-state index < -0.39 is 0 Å². The van der Waals surface area contributed by atoms with Crippen molar-refractivity contribution in [2.75, 3.05) is 0 Å². The van der Waals surface area contributed by atoms with Gasteiger partial charge in [0.15, 0.2) is 0 Å². The lowest BCUT2D eigenvalue weighted by Gasteiger charge is -2.13. The average Bonchev–Trinajstić information content (AvgIpc) is 2.93. The first-order valence-corrected chi connectivity index (χ1v) is 5.67. The summed E-state index contributed by atoms with van der Waals surface area (Å²) in [4.78, 5) is 0. The molecule has 0 radical (unpaired) electrons. The molecule has 1 fully saturated rings. The number of nitrogens with two attached hydrogens (primary N) is 1. The fourth-order valence-electron chi connectivity index (χ4n) is 1.65. The van der Waals surface area contributed by atoms with E-state index in [1.54, 1.807) is 6.07 Å². The molecule has 2 N–H and O–H groups in total. The van der Waals surface area contributed by atoms with Crippen LogP contribution in [0.3, 0.4) is 0 Å². The van der Waals surface area contributed by atoms with Crippen LogP contribution in [-0.4, -0.2) is 0 Å². The Bertz CT molecular complexity index is 341. The molecule has 1 saturated carbocycles. The molecule has 0 saturated heterocycles. The molecule has 0 aromatic heterocycles. The Morgan fingerprint density at radius 1 is 1.47 bits per heavy atom. The van der Waals surface area contributed by atoms with E-state index in [1.807, 2.05) is 6.07 Å². The molecular formula is C11H14BrClFN. The highest BCUT2D eigenvalue weighted by Gasteiger charge is 2.25. The molecule has 1 aromatic carbocycles. The Morgan fingerprint density at radius 3 is 2.73 bits per heavy atom. The Balaban J connectivity index is 0.00000112. The van der Waals surface area contributed by atoms with Gasteiger partial charge in [-0.25, -0.2) is 4.39 Å². The van der Waals surface area contributed by atoms with E-state index in [0.717, 1.165) is 17.9 Å². The van der Waals surface area contributed by atoms with E-state index in [0.29, 0.717) is 4.47 Å². The third-order valence-corrected chi connectivity index (χ3v) is 3.50. The van der Waals surface area contributed by atoms with Gasteiger partial charge in [-0.05, 0) is 39.9 Å². The molecule has 1 aliphatic rings. The summed E-state index contributed by atoms with van der Waals surface area (Å²) in [7, 11) is 0. The SMILES string of the molecule is Cl.N[C@@H](CC1CC1)c1cccc(F)c1Br. The summed E-state index contributed by atoms with van der Waals surface area (Å²) in [6.07, 6.45) is 3.53. The third-order valence-electron chi connectivity index (χ3n) is 2.67. The van der Waals surface area contributed by atoms with Gasteiger partial charge in [-0.15, -0.1) is 12.4 Å². The fraction of sp³-hybridized carbons (Fsp3) is 0.455. The van der Waals surface area contributed by atoms with Crippen LogP contribution in [0.4, 0.5) is 4.39 Å². The minimum atomic E-state index is -0.228. The van der Waals surface area contributed by atoms with Crippen LogP contribution in [0.2, 0.25) is 0 Å². The fourth-order valence-corrected chi connectivity index (χ4v) is 2.20. The number of halogens is 3. The van der Waals surface area contributed by atoms with Gasteiger partial charge in [0, 0.05) is 6.04 Å². The maximum absolute atomic E-state index is 13.2. The van der Waals surface area contributed by atoms with Gasteiger partial charge in [0.2, 0.25) is 0 Å². The summed E-state index contributed by atoms with van der Waals surface area (Å²) >= 11 is 3.24. The molecule has 2 rings (SSSR count). The molecule has 1 aliphatic carbocycles. The summed E-state index contributed by atoms with van der Waals surface area (Å²) < 4.78 is 13.7. The van der Waals surface area contributed by atoms with Gasteiger partial charge in [-0.2, -0.15) is 0 Å². The summed E-state index contributed by atoms with van der Waals surface area (Å²) in [5.41, 5.74) is 6.90. The van der Waals surface area contributed by atoms with E-state index in [9.17, 15) is 4.39 Å². The number of benzene rings is 1. The molecule has 0 amide bonds. The molecule has 0 aliphatic heterocycles. The van der Waals surface area contributed by atoms with Crippen LogP contribution in [0, 0.1) is 11.7 Å². The molecule has 0 unspecified atom stereocenters. The summed E-state index contributed by atoms with van der Waals surface area (Å²) in [5, 5.41) is 0. The smallest absolute Gasteiger partial charge is 0.137 e. The summed E-state index contributed by atoms with van der Waals surface area (Å²) in [5.74, 6) is 0.536. The highest BCUT2D eigenvalue weighted by atomic mass is 79.9. The van der Waals surface area contributed by atoms with Crippen molar-refractivity contribution >= 4 is 28.3 Å². The van der Waals surface area contributed by atoms with E-state index >= 15 is 0 Å². The van der Waals surface area contributed by atoms with Crippen molar-refractivity contribution in [1.29, 1.82) is 0 Å². The van der Waals surface area contributed by atoms with Gasteiger partial charge in [-0.1, -0.05) is 25.0 Å². The van der Waals surface area contributed by atoms with Crippen LogP contribution in [-0.2, 0) is 0 Å². The third kappa shape index (κ3) is 3.16. The maximum atomic E-state index is 13.2. The Morgan fingerprint density at radius 2 is 2.13 bits per heavy atom. The molecule has 1 aromatic rings. The molecule has 84 valence electrons. The molecular weight excluding hydrogens is 280 g/mol. The van der Waals surface area contributed by atoms with Gasteiger partial charge < -0.3 is 5.73 Å². The standard InChI is InChI=1S/C11H13BrFN.ClH/c12-11-8(2-1-3-9(11)13)10(14)6-7-4-5-7;/h1-3,7,10H,4-6,14H2;1H/t10-;/m0./s1. The zero-order valence-corrected chi connectivity index (χ0v) is 10.7. The highest BCUT2D eigenvalue weighted by Crippen LogP contribution is 2.38. The number of rotatable bonds is 3. The Labute approximate surface area is 104 Å². The first-order valence-electron chi connectivity index (χ1n) is 4.88. The van der Waals surface area contributed by atoms with Gasteiger partial charge in [0.1, 0.15) is 5.82 Å². The maximum Gasteiger partial charge on any atom is 0.137 e. The number of hydrogen-bond donors (Lipinski definition) is 1. The van der Waals surface area contributed by atoms with Crippen molar-refractivity contribution in [2.45, 2.75) is 25.3 Å². The quantitative estimate of drug-likeness (QED) is 0.901. The average molecular weight is 295 g/mol. The molecule has 15 heavy (non-hydrogen) atoms. The second kappa shape index (κ2) is 5.28. The molecule has 0 spiro atoms. The largest absolute Gasteiger partial charge is 0.324 e. The van der Waals surface area contributed by atoms with E-state index in [2.05, 4.69) is 15.9 Å². The second-order valence-electron chi connectivity index (χ2n) is 3.93. The highest BCUT2D eigenvalue weighted by molar-refractivity contribution is 9.10. The van der Waals surface area contributed by atoms with Gasteiger partial charge in [0.05, 0.1) is 4.47 Å². The number of hydrogen-bond acceptors (Lipinski definition) is 1. The summed E-state index contributed by atoms with van der Waals surface area (Å²) in [6.45, 7) is 0. The van der Waals surface area contributed by atoms with Crippen LogP contribution in [0.5, 0.6) is 0 Å². The normalized spacial score (nSPS) is 17.0. The van der Waals surface area contributed by atoms with Crippen molar-refractivity contribution in [3.05, 3.63) is 34.1 Å². The van der Waals surface area contributed by atoms with E-state index in [1.165, 1.54) is 18.9 Å². The second-order valence-corrected chi connectivity index (χ2v) is 4.72. The first kappa shape index (κ1) is 12.9. The van der Waals surface area contributed by atoms with Crippen LogP contribution in [0.25, 0.3) is 0 Å². The van der Waals surface area contributed by atoms with Gasteiger partial charge in [0.25, 0.3) is 0 Å². The van der Waals surface area contributed by atoms with Crippen molar-refractivity contribution < 1.29 is 4.39 Å². The zero-order chi connectivity index (χ0) is 10.1. The topological polar surface area (TPSA) is 26.0 Å². The van der Waals surface area contributed by atoms with Crippen molar-refractivity contribution in [3.63, 3.8) is 0 Å². The van der Waals surface area contributed by atoms with E-state index in [-0.39, 0.29) is 24.3 Å². The monoisotopic (exact) mass is 293 g/mol. The van der Waals surface area contributed by atoms with Crippen LogP contribution in [0.15, 0.2) is 22.7 Å². The van der Waals surface area contributed by atoms with Crippen molar-refractivity contribution in [1.82, 2.24) is 0 Å². The molecule has 1 nitrogen and oxygen atoms in total. The van der Waals surface area contributed by atoms with Crippen LogP contribution < -0.4 is 5.73 Å². The predicted molar refractivity (Wildman–Crippen MR) is 65.6 cm³/mol. The van der Waals surface area contributed by atoms with Crippen LogP contribution in [0.1, 0.15) is 30.9 Å². The zero-order valence-electron chi connectivity index (χ0n) is 8.25. The van der Waals surface area contributed by atoms with Gasteiger partial charge in [-0.3, -0.25) is 0 Å². The molecule has 0 heterocycles. The molecule has 4 heteroatoms. The minimum absolute atomic E-state index is 0. The lowest BCUT2D eigenvalue weighted by Crippen LogP contribution is -2.12. The minimum Gasteiger partial charge on any atom is -0.324 e. The summed E-state index contributed by atoms with van der Waals surface area (Å²) in [6, 6.07) is 5.01. The lowest BCUT2D eigenvalue weighted by molar-refractivity contribution is 0.577. The van der Waals surface area contributed by atoms with Crippen LogP contribution >= 0.6 is 28.3 Å².